The van der Waals surface area contributed by atoms with Gasteiger partial charge in [-0.05, 0) is 54.8 Å². The SMILES string of the molecule is CC1Cc2ccc(F)cc2CN1C(=O)Nc1ccc(F)c(Cl)c1. The molecule has 0 radical (unpaired) electrons. The second kappa shape index (κ2) is 6.16. The molecule has 0 aliphatic carbocycles. The largest absolute Gasteiger partial charge is 0.322 e. The Labute approximate surface area is 137 Å². The molecule has 0 bridgehead atoms. The van der Waals surface area contributed by atoms with Crippen molar-refractivity contribution >= 4 is 23.3 Å². The zero-order valence-electron chi connectivity index (χ0n) is 12.4. The van der Waals surface area contributed by atoms with Gasteiger partial charge in [0.15, 0.2) is 0 Å². The number of nitrogens with one attached hydrogen (secondary N) is 1. The van der Waals surface area contributed by atoms with Crippen molar-refractivity contribution in [2.24, 2.45) is 0 Å². The van der Waals surface area contributed by atoms with Gasteiger partial charge >= 0.3 is 6.03 Å². The van der Waals surface area contributed by atoms with E-state index in [2.05, 4.69) is 5.32 Å². The second-order valence-corrected chi connectivity index (χ2v) is 6.06. The highest BCUT2D eigenvalue weighted by molar-refractivity contribution is 6.31. The van der Waals surface area contributed by atoms with Gasteiger partial charge in [0.1, 0.15) is 11.6 Å². The molecule has 1 heterocycles. The first-order valence-electron chi connectivity index (χ1n) is 7.24. The quantitative estimate of drug-likeness (QED) is 0.811. The Morgan fingerprint density at radius 3 is 2.74 bits per heavy atom. The van der Waals surface area contributed by atoms with E-state index in [-0.39, 0.29) is 22.9 Å². The average molecular weight is 337 g/mol. The van der Waals surface area contributed by atoms with Crippen LogP contribution in [0.15, 0.2) is 36.4 Å². The molecule has 6 heteroatoms. The van der Waals surface area contributed by atoms with Crippen molar-refractivity contribution in [1.29, 1.82) is 0 Å². The van der Waals surface area contributed by atoms with Crippen LogP contribution in [0, 0.1) is 11.6 Å². The molecule has 1 unspecified atom stereocenters. The third-order valence-corrected chi connectivity index (χ3v) is 4.28. The van der Waals surface area contributed by atoms with Crippen LogP contribution in [0.3, 0.4) is 0 Å². The van der Waals surface area contributed by atoms with Crippen LogP contribution in [0.5, 0.6) is 0 Å². The zero-order valence-corrected chi connectivity index (χ0v) is 13.2. The first-order chi connectivity index (χ1) is 10.9. The first kappa shape index (κ1) is 15.7. The molecule has 3 nitrogen and oxygen atoms in total. The molecular weight excluding hydrogens is 322 g/mol. The van der Waals surface area contributed by atoms with Crippen LogP contribution >= 0.6 is 11.6 Å². The van der Waals surface area contributed by atoms with E-state index in [1.807, 2.05) is 6.92 Å². The van der Waals surface area contributed by atoms with Gasteiger partial charge in [0.2, 0.25) is 0 Å². The summed E-state index contributed by atoms with van der Waals surface area (Å²) in [6.45, 7) is 2.26. The maximum absolute atomic E-state index is 13.4. The summed E-state index contributed by atoms with van der Waals surface area (Å²) in [5, 5.41) is 2.64. The topological polar surface area (TPSA) is 32.3 Å². The lowest BCUT2D eigenvalue weighted by molar-refractivity contribution is 0.182. The summed E-state index contributed by atoms with van der Waals surface area (Å²) in [5.74, 6) is -0.857. The van der Waals surface area contributed by atoms with E-state index in [0.717, 1.165) is 11.1 Å². The van der Waals surface area contributed by atoms with E-state index in [1.165, 1.54) is 30.3 Å². The fraction of sp³-hybridized carbons (Fsp3) is 0.235. The number of hydrogen-bond donors (Lipinski definition) is 1. The highest BCUT2D eigenvalue weighted by atomic mass is 35.5. The Hall–Kier alpha value is -2.14. The summed E-state index contributed by atoms with van der Waals surface area (Å²) in [4.78, 5) is 14.1. The van der Waals surface area contributed by atoms with Crippen molar-refractivity contribution in [2.75, 3.05) is 5.32 Å². The first-order valence-corrected chi connectivity index (χ1v) is 7.62. The normalized spacial score (nSPS) is 16.9. The van der Waals surface area contributed by atoms with Gasteiger partial charge < -0.3 is 10.2 Å². The molecule has 2 amide bonds. The van der Waals surface area contributed by atoms with Crippen LogP contribution in [0.1, 0.15) is 18.1 Å². The smallest absolute Gasteiger partial charge is 0.317 e. The van der Waals surface area contributed by atoms with Crippen molar-refractivity contribution < 1.29 is 13.6 Å². The number of carbonyl (C=O) groups excluding carboxylic acids is 1. The number of rotatable bonds is 1. The molecule has 1 aliphatic heterocycles. The summed E-state index contributed by atoms with van der Waals surface area (Å²) in [5.41, 5.74) is 2.27. The molecule has 0 spiro atoms. The third kappa shape index (κ3) is 3.29. The van der Waals surface area contributed by atoms with Crippen LogP contribution in [-0.2, 0) is 13.0 Å². The van der Waals surface area contributed by atoms with E-state index in [1.54, 1.807) is 11.0 Å². The van der Waals surface area contributed by atoms with Crippen LogP contribution in [0.2, 0.25) is 5.02 Å². The number of nitrogens with zero attached hydrogens (tertiary/aromatic N) is 1. The Balaban J connectivity index is 1.78. The molecular formula is C17H15ClF2N2O. The molecule has 2 aromatic rings. The van der Waals surface area contributed by atoms with Gasteiger partial charge in [-0.3, -0.25) is 0 Å². The Morgan fingerprint density at radius 2 is 2.00 bits per heavy atom. The Bertz CT molecular complexity index is 766. The van der Waals surface area contributed by atoms with E-state index in [9.17, 15) is 13.6 Å². The lowest BCUT2D eigenvalue weighted by Crippen LogP contribution is -2.44. The number of anilines is 1. The summed E-state index contributed by atoms with van der Waals surface area (Å²) in [6.07, 6.45) is 0.660. The summed E-state index contributed by atoms with van der Waals surface area (Å²) < 4.78 is 26.5. The molecule has 0 saturated heterocycles. The van der Waals surface area contributed by atoms with E-state index in [4.69, 9.17) is 11.6 Å². The van der Waals surface area contributed by atoms with Crippen molar-refractivity contribution in [3.8, 4) is 0 Å². The van der Waals surface area contributed by atoms with E-state index in [0.29, 0.717) is 18.7 Å². The minimum Gasteiger partial charge on any atom is -0.317 e. The van der Waals surface area contributed by atoms with Gasteiger partial charge in [0.05, 0.1) is 5.02 Å². The fourth-order valence-corrected chi connectivity index (χ4v) is 2.93. The van der Waals surface area contributed by atoms with Crippen LogP contribution in [0.25, 0.3) is 0 Å². The molecule has 0 fully saturated rings. The summed E-state index contributed by atoms with van der Waals surface area (Å²) in [7, 11) is 0. The highest BCUT2D eigenvalue weighted by Crippen LogP contribution is 2.25. The maximum atomic E-state index is 13.4. The maximum Gasteiger partial charge on any atom is 0.322 e. The number of halogens is 3. The number of fused-ring (bicyclic) bond motifs is 1. The minimum atomic E-state index is -0.541. The lowest BCUT2D eigenvalue weighted by Gasteiger charge is -2.35. The van der Waals surface area contributed by atoms with Crippen LogP contribution in [0.4, 0.5) is 19.3 Å². The predicted molar refractivity (Wildman–Crippen MR) is 85.5 cm³/mol. The van der Waals surface area contributed by atoms with Gasteiger partial charge in [-0.2, -0.15) is 0 Å². The third-order valence-electron chi connectivity index (χ3n) is 3.99. The minimum absolute atomic E-state index is 0.0242. The molecule has 2 aromatic carbocycles. The second-order valence-electron chi connectivity index (χ2n) is 5.65. The van der Waals surface area contributed by atoms with Crippen molar-refractivity contribution in [3.05, 3.63) is 64.2 Å². The Kier molecular flexibility index (Phi) is 4.22. The van der Waals surface area contributed by atoms with Crippen LogP contribution in [-0.4, -0.2) is 17.0 Å². The average Bonchev–Trinajstić information content (AvgIpc) is 2.50. The molecule has 1 aliphatic rings. The molecule has 1 atom stereocenters. The predicted octanol–water partition coefficient (Wildman–Crippen LogP) is 4.60. The molecule has 3 rings (SSSR count). The molecule has 23 heavy (non-hydrogen) atoms. The number of benzene rings is 2. The molecule has 1 N–H and O–H groups in total. The van der Waals surface area contributed by atoms with Crippen molar-refractivity contribution in [1.82, 2.24) is 4.90 Å². The van der Waals surface area contributed by atoms with Gasteiger partial charge in [-0.15, -0.1) is 0 Å². The number of hydrogen-bond acceptors (Lipinski definition) is 1. The summed E-state index contributed by atoms with van der Waals surface area (Å²) >= 11 is 5.71. The number of amides is 2. The van der Waals surface area contributed by atoms with Crippen molar-refractivity contribution in [2.45, 2.75) is 25.9 Å². The lowest BCUT2D eigenvalue weighted by atomic mass is 9.95. The van der Waals surface area contributed by atoms with Gasteiger partial charge in [-0.1, -0.05) is 17.7 Å². The van der Waals surface area contributed by atoms with Gasteiger partial charge in [0, 0.05) is 18.3 Å². The summed E-state index contributed by atoms with van der Waals surface area (Å²) in [6, 6.07) is 8.30. The van der Waals surface area contributed by atoms with Crippen LogP contribution < -0.4 is 5.32 Å². The van der Waals surface area contributed by atoms with Gasteiger partial charge in [-0.25, -0.2) is 13.6 Å². The van der Waals surface area contributed by atoms with E-state index >= 15 is 0 Å². The van der Waals surface area contributed by atoms with Crippen molar-refractivity contribution in [3.63, 3.8) is 0 Å². The molecule has 120 valence electrons. The van der Waals surface area contributed by atoms with Gasteiger partial charge in [0.25, 0.3) is 0 Å². The molecule has 0 saturated carbocycles. The monoisotopic (exact) mass is 336 g/mol. The number of urea groups is 1. The Morgan fingerprint density at radius 1 is 1.22 bits per heavy atom. The zero-order chi connectivity index (χ0) is 16.6. The molecule has 0 aromatic heterocycles. The van der Waals surface area contributed by atoms with E-state index < -0.39 is 5.82 Å². The highest BCUT2D eigenvalue weighted by Gasteiger charge is 2.27. The number of carbonyl (C=O) groups is 1. The standard InChI is InChI=1S/C17H15ClF2N2O/c1-10-6-11-2-3-13(19)7-12(11)9-22(10)17(23)21-14-4-5-16(20)15(18)8-14/h2-5,7-8,10H,6,9H2,1H3,(H,21,23). The fourth-order valence-electron chi connectivity index (χ4n) is 2.75.